The quantitative estimate of drug-likeness (QED) is 0.395. The van der Waals surface area contributed by atoms with Crippen LogP contribution in [0.1, 0.15) is 5.56 Å². The van der Waals surface area contributed by atoms with Crippen LogP contribution in [0.25, 0.3) is 22.7 Å². The minimum absolute atomic E-state index is 0.164. The van der Waals surface area contributed by atoms with E-state index in [0.29, 0.717) is 28.4 Å². The van der Waals surface area contributed by atoms with Crippen molar-refractivity contribution in [2.75, 3.05) is 7.11 Å². The van der Waals surface area contributed by atoms with E-state index in [1.165, 1.54) is 0 Å². The van der Waals surface area contributed by atoms with E-state index < -0.39 is 0 Å². The van der Waals surface area contributed by atoms with Crippen molar-refractivity contribution in [2.45, 2.75) is 6.42 Å². The van der Waals surface area contributed by atoms with E-state index in [-0.39, 0.29) is 12.4 Å². The van der Waals surface area contributed by atoms with Crippen LogP contribution in [0.15, 0.2) is 71.3 Å². The van der Waals surface area contributed by atoms with Crippen molar-refractivity contribution in [3.05, 3.63) is 72.4 Å². The largest absolute Gasteiger partial charge is 0.497 e. The molecule has 0 aliphatic rings. The van der Waals surface area contributed by atoms with Crippen molar-refractivity contribution in [3.63, 3.8) is 0 Å². The van der Waals surface area contributed by atoms with Crippen molar-refractivity contribution in [2.24, 2.45) is 0 Å². The van der Waals surface area contributed by atoms with Gasteiger partial charge in [0.2, 0.25) is 5.89 Å². The molecule has 6 heteroatoms. The summed E-state index contributed by atoms with van der Waals surface area (Å²) in [5.41, 5.74) is 2.70. The van der Waals surface area contributed by atoms with Gasteiger partial charge < -0.3 is 13.9 Å². The van der Waals surface area contributed by atoms with Crippen molar-refractivity contribution in [1.29, 1.82) is 0 Å². The number of hydrogen-bond acceptors (Lipinski definition) is 6. The molecule has 0 atom stereocenters. The number of rotatable bonds is 5. The van der Waals surface area contributed by atoms with Crippen LogP contribution in [0.5, 0.6) is 11.5 Å². The number of carbonyl (C=O) groups excluding carboxylic acids is 1. The van der Waals surface area contributed by atoms with Gasteiger partial charge in [-0.15, -0.1) is 0 Å². The molecule has 0 saturated carbocycles. The Morgan fingerprint density at radius 3 is 2.59 bits per heavy atom. The van der Waals surface area contributed by atoms with E-state index >= 15 is 0 Å². The normalized spacial score (nSPS) is 10.7. The fraction of sp³-hybridized carbons (Fsp3) is 0.0952. The Morgan fingerprint density at radius 1 is 1.04 bits per heavy atom. The smallest absolute Gasteiger partial charge is 0.315 e. The van der Waals surface area contributed by atoms with Crippen molar-refractivity contribution >= 4 is 17.1 Å². The number of methoxy groups -OCH3 is 1. The summed E-state index contributed by atoms with van der Waals surface area (Å²) in [6.07, 6.45) is 1.84. The summed E-state index contributed by atoms with van der Waals surface area (Å²) in [5, 5.41) is 0. The molecule has 0 N–H and O–H groups in total. The van der Waals surface area contributed by atoms with Crippen molar-refractivity contribution in [3.8, 4) is 23.1 Å². The zero-order valence-electron chi connectivity index (χ0n) is 14.6. The van der Waals surface area contributed by atoms with Gasteiger partial charge in [-0.1, -0.05) is 18.2 Å². The second-order valence-corrected chi connectivity index (χ2v) is 5.86. The maximum atomic E-state index is 12.2. The molecule has 6 nitrogen and oxygen atoms in total. The third kappa shape index (κ3) is 3.79. The van der Waals surface area contributed by atoms with E-state index in [2.05, 4.69) is 9.97 Å². The maximum absolute atomic E-state index is 12.2. The van der Waals surface area contributed by atoms with E-state index in [1.54, 1.807) is 31.5 Å². The summed E-state index contributed by atoms with van der Waals surface area (Å²) in [4.78, 5) is 20.8. The summed E-state index contributed by atoms with van der Waals surface area (Å²) in [7, 11) is 1.60. The third-order valence-corrected chi connectivity index (χ3v) is 3.98. The highest BCUT2D eigenvalue weighted by Crippen LogP contribution is 2.26. The standard InChI is InChI=1S/C21H16N2O4/c1-25-15-7-5-14(6-8-15)12-20(24)26-16-9-10-17-19(13-16)27-21(23-17)18-4-2-3-11-22-18/h2-11,13H,12H2,1H3. The fourth-order valence-corrected chi connectivity index (χ4v) is 2.64. The Labute approximate surface area is 155 Å². The molecule has 2 aromatic heterocycles. The van der Waals surface area contributed by atoms with E-state index in [1.807, 2.05) is 42.5 Å². The number of nitrogens with zero attached hydrogens (tertiary/aromatic N) is 2. The zero-order valence-corrected chi connectivity index (χ0v) is 14.6. The number of hydrogen-bond donors (Lipinski definition) is 0. The van der Waals surface area contributed by atoms with Crippen LogP contribution < -0.4 is 9.47 Å². The summed E-state index contributed by atoms with van der Waals surface area (Å²) < 4.78 is 16.3. The lowest BCUT2D eigenvalue weighted by Crippen LogP contribution is -2.11. The molecule has 0 fully saturated rings. The Hall–Kier alpha value is -3.67. The van der Waals surface area contributed by atoms with Gasteiger partial charge in [-0.2, -0.15) is 0 Å². The topological polar surface area (TPSA) is 74.5 Å². The summed E-state index contributed by atoms with van der Waals surface area (Å²) >= 11 is 0. The second-order valence-electron chi connectivity index (χ2n) is 5.86. The maximum Gasteiger partial charge on any atom is 0.315 e. The Bertz CT molecular complexity index is 1070. The Morgan fingerprint density at radius 2 is 1.85 bits per heavy atom. The molecule has 2 aromatic carbocycles. The highest BCUT2D eigenvalue weighted by molar-refractivity contribution is 5.80. The molecule has 4 aromatic rings. The zero-order chi connectivity index (χ0) is 18.6. The van der Waals surface area contributed by atoms with Crippen LogP contribution in [0, 0.1) is 0 Å². The predicted octanol–water partition coefficient (Wildman–Crippen LogP) is 4.05. The second kappa shape index (κ2) is 7.29. The third-order valence-electron chi connectivity index (χ3n) is 3.98. The molecule has 4 rings (SSSR count). The molecule has 0 aliphatic heterocycles. The van der Waals surface area contributed by atoms with Crippen molar-refractivity contribution in [1.82, 2.24) is 9.97 Å². The molecule has 27 heavy (non-hydrogen) atoms. The van der Waals surface area contributed by atoms with Gasteiger partial charge in [0.15, 0.2) is 5.58 Å². The molecule has 134 valence electrons. The number of ether oxygens (including phenoxy) is 2. The number of carbonyl (C=O) groups is 1. The number of esters is 1. The van der Waals surface area contributed by atoms with Crippen LogP contribution in [0.2, 0.25) is 0 Å². The van der Waals surface area contributed by atoms with Crippen molar-refractivity contribution < 1.29 is 18.7 Å². The lowest BCUT2D eigenvalue weighted by Gasteiger charge is -2.05. The average Bonchev–Trinajstić information content (AvgIpc) is 3.12. The van der Waals surface area contributed by atoms with Crippen LogP contribution in [0.3, 0.4) is 0 Å². The molecule has 0 radical (unpaired) electrons. The molecule has 2 heterocycles. The van der Waals surface area contributed by atoms with E-state index in [9.17, 15) is 4.79 Å². The lowest BCUT2D eigenvalue weighted by molar-refractivity contribution is -0.133. The van der Waals surface area contributed by atoms with Crippen LogP contribution in [0.4, 0.5) is 0 Å². The molecule has 0 spiro atoms. The van der Waals surface area contributed by atoms with Gasteiger partial charge in [-0.05, 0) is 42.0 Å². The first-order valence-electron chi connectivity index (χ1n) is 8.37. The van der Waals surface area contributed by atoms with Gasteiger partial charge in [-0.25, -0.2) is 4.98 Å². The first-order valence-corrected chi connectivity index (χ1v) is 8.37. The molecule has 0 aliphatic carbocycles. The van der Waals surface area contributed by atoms with Crippen LogP contribution >= 0.6 is 0 Å². The molecule has 0 bridgehead atoms. The van der Waals surface area contributed by atoms with Gasteiger partial charge >= 0.3 is 5.97 Å². The first-order chi connectivity index (χ1) is 13.2. The molecule has 0 amide bonds. The van der Waals surface area contributed by atoms with Gasteiger partial charge in [0, 0.05) is 12.3 Å². The van der Waals surface area contributed by atoms with Crippen LogP contribution in [-0.2, 0) is 11.2 Å². The number of aromatic nitrogens is 2. The minimum Gasteiger partial charge on any atom is -0.497 e. The Kier molecular flexibility index (Phi) is 4.53. The average molecular weight is 360 g/mol. The summed E-state index contributed by atoms with van der Waals surface area (Å²) in [6.45, 7) is 0. The highest BCUT2D eigenvalue weighted by atomic mass is 16.5. The predicted molar refractivity (Wildman–Crippen MR) is 99.6 cm³/mol. The number of benzene rings is 2. The van der Waals surface area contributed by atoms with Crippen LogP contribution in [-0.4, -0.2) is 23.0 Å². The SMILES string of the molecule is COc1ccc(CC(=O)Oc2ccc3nc(-c4ccccn4)oc3c2)cc1. The van der Waals surface area contributed by atoms with Gasteiger partial charge in [0.1, 0.15) is 22.7 Å². The number of pyridine rings is 1. The summed E-state index contributed by atoms with van der Waals surface area (Å²) in [5.74, 6) is 1.22. The fourth-order valence-electron chi connectivity index (χ4n) is 2.64. The molecule has 0 saturated heterocycles. The van der Waals surface area contributed by atoms with Gasteiger partial charge in [0.25, 0.3) is 0 Å². The summed E-state index contributed by atoms with van der Waals surface area (Å²) in [6, 6.07) is 17.9. The molecule has 0 unspecified atom stereocenters. The lowest BCUT2D eigenvalue weighted by atomic mass is 10.1. The number of oxazole rings is 1. The van der Waals surface area contributed by atoms with Gasteiger partial charge in [-0.3, -0.25) is 9.78 Å². The first kappa shape index (κ1) is 16.8. The van der Waals surface area contributed by atoms with E-state index in [4.69, 9.17) is 13.9 Å². The highest BCUT2D eigenvalue weighted by Gasteiger charge is 2.12. The molecular formula is C21H16N2O4. The minimum atomic E-state index is -0.357. The monoisotopic (exact) mass is 360 g/mol. The Balaban J connectivity index is 1.49. The van der Waals surface area contributed by atoms with E-state index in [0.717, 1.165) is 11.3 Å². The van der Waals surface area contributed by atoms with Gasteiger partial charge in [0.05, 0.1) is 13.5 Å². The molecular weight excluding hydrogens is 344 g/mol. The number of fused-ring (bicyclic) bond motifs is 1.